The quantitative estimate of drug-likeness (QED) is 0.194. The van der Waals surface area contributed by atoms with Gasteiger partial charge in [-0.25, -0.2) is 4.98 Å². The second-order valence-electron chi connectivity index (χ2n) is 6.53. The van der Waals surface area contributed by atoms with E-state index in [1.807, 2.05) is 78.2 Å². The molecule has 1 amide bonds. The van der Waals surface area contributed by atoms with E-state index < -0.39 is 0 Å². The zero-order valence-electron chi connectivity index (χ0n) is 17.0. The molecule has 0 spiro atoms. The summed E-state index contributed by atoms with van der Waals surface area (Å²) in [7, 11) is 3.54. The smallest absolute Gasteiger partial charge is 0.211 e. The van der Waals surface area contributed by atoms with E-state index in [2.05, 4.69) is 20.6 Å². The molecule has 0 atom stereocenters. The van der Waals surface area contributed by atoms with Crippen molar-refractivity contribution >= 4 is 52.6 Å². The van der Waals surface area contributed by atoms with Gasteiger partial charge in [-0.1, -0.05) is 18.2 Å². The molecule has 0 saturated heterocycles. The number of benzene rings is 2. The number of fused-ring (bicyclic) bond motifs is 1. The number of rotatable bonds is 9. The van der Waals surface area contributed by atoms with E-state index in [0.29, 0.717) is 23.7 Å². The van der Waals surface area contributed by atoms with Crippen molar-refractivity contribution in [1.82, 2.24) is 9.97 Å². The molecule has 0 radical (unpaired) electrons. The van der Waals surface area contributed by atoms with Crippen LogP contribution in [0, 0.1) is 0 Å². The molecule has 0 bridgehead atoms. The van der Waals surface area contributed by atoms with Crippen molar-refractivity contribution < 1.29 is 13.7 Å². The summed E-state index contributed by atoms with van der Waals surface area (Å²) in [5.74, 6) is 2.09. The normalized spacial score (nSPS) is 10.5. The van der Waals surface area contributed by atoms with Crippen molar-refractivity contribution in [3.8, 4) is 11.5 Å². The fourth-order valence-corrected chi connectivity index (χ4v) is 3.56. The number of carbonyl (C=O) groups is 1. The lowest BCUT2D eigenvalue weighted by atomic mass is 10.2. The number of nitrogens with one attached hydrogen (secondary N) is 3. The van der Waals surface area contributed by atoms with Gasteiger partial charge < -0.3 is 24.5 Å². The van der Waals surface area contributed by atoms with E-state index in [0.717, 1.165) is 28.2 Å². The van der Waals surface area contributed by atoms with Crippen molar-refractivity contribution in [3.05, 3.63) is 66.9 Å². The van der Waals surface area contributed by atoms with E-state index >= 15 is 0 Å². The summed E-state index contributed by atoms with van der Waals surface area (Å²) in [6.45, 7) is 0. The fourth-order valence-electron chi connectivity index (χ4n) is 3.03. The molecule has 8 nitrogen and oxygen atoms in total. The minimum Gasteiger partial charge on any atom is -0.497 e. The Hall–Kier alpha value is -3.85. The summed E-state index contributed by atoms with van der Waals surface area (Å²) in [6, 6.07) is 18.7. The Bertz CT molecular complexity index is 1200. The Balaban J connectivity index is 1.49. The number of hydrogen-bond donors (Lipinski definition) is 3. The highest BCUT2D eigenvalue weighted by Crippen LogP contribution is 2.32. The molecule has 31 heavy (non-hydrogen) atoms. The first-order chi connectivity index (χ1) is 15.2. The van der Waals surface area contributed by atoms with E-state index in [1.165, 1.54) is 12.2 Å². The maximum Gasteiger partial charge on any atom is 0.211 e. The predicted octanol–water partition coefficient (Wildman–Crippen LogP) is 4.96. The molecule has 2 heterocycles. The lowest BCUT2D eigenvalue weighted by Crippen LogP contribution is -2.08. The average Bonchev–Trinajstić information content (AvgIpc) is 3.22. The summed E-state index contributed by atoms with van der Waals surface area (Å²) in [5, 5.41) is 6.87. The topological polar surface area (TPSA) is 91.5 Å². The van der Waals surface area contributed by atoms with Crippen LogP contribution in [0.25, 0.3) is 11.0 Å². The van der Waals surface area contributed by atoms with Gasteiger partial charge in [-0.05, 0) is 36.4 Å². The summed E-state index contributed by atoms with van der Waals surface area (Å²) in [4.78, 5) is 18.7. The largest absolute Gasteiger partial charge is 0.497 e. The van der Waals surface area contributed by atoms with Crippen molar-refractivity contribution in [3.63, 3.8) is 0 Å². The molecular weight excluding hydrogens is 414 g/mol. The maximum atomic E-state index is 10.8. The van der Waals surface area contributed by atoms with Gasteiger partial charge in [0, 0.05) is 24.7 Å². The first-order valence-corrected chi connectivity index (χ1v) is 10.1. The monoisotopic (exact) mass is 435 g/mol. The summed E-state index contributed by atoms with van der Waals surface area (Å²) in [5.41, 5.74) is 3.10. The van der Waals surface area contributed by atoms with Crippen LogP contribution in [0.3, 0.4) is 0 Å². The number of pyridine rings is 1. The average molecular weight is 436 g/mol. The van der Waals surface area contributed by atoms with Crippen molar-refractivity contribution in [2.75, 3.05) is 29.1 Å². The SMILES string of the molecule is COc1cccc(OSN(C)c2c[nH]c3nc(Nc4ccccc4NC=O)ccc23)c1. The van der Waals surface area contributed by atoms with E-state index in [1.54, 1.807) is 7.11 Å². The molecule has 2 aromatic carbocycles. The third-order valence-corrected chi connectivity index (χ3v) is 5.23. The number of methoxy groups -OCH3 is 1. The van der Waals surface area contributed by atoms with Crippen LogP contribution in [-0.2, 0) is 4.79 Å². The standard InChI is InChI=1S/C22H21N5O3S/c1-27(31-30-16-7-5-6-15(12-16)29-2)20-13-23-22-17(20)10-11-21(26-22)25-19-9-4-3-8-18(19)24-14-28/h3-14H,1-2H3,(H,24,28)(H2,23,25,26). The van der Waals surface area contributed by atoms with Crippen LogP contribution >= 0.6 is 12.2 Å². The number of para-hydroxylation sites is 2. The molecule has 0 fully saturated rings. The van der Waals surface area contributed by atoms with Gasteiger partial charge in [0.15, 0.2) is 12.2 Å². The van der Waals surface area contributed by atoms with Gasteiger partial charge in [-0.2, -0.15) is 0 Å². The number of H-pyrrole nitrogens is 1. The third kappa shape index (κ3) is 4.67. The van der Waals surface area contributed by atoms with Crippen molar-refractivity contribution in [2.24, 2.45) is 0 Å². The number of nitrogens with zero attached hydrogens (tertiary/aromatic N) is 2. The van der Waals surface area contributed by atoms with Crippen molar-refractivity contribution in [2.45, 2.75) is 0 Å². The van der Waals surface area contributed by atoms with Gasteiger partial charge in [0.05, 0.1) is 24.2 Å². The molecule has 0 saturated carbocycles. The van der Waals surface area contributed by atoms with Crippen LogP contribution in [0.2, 0.25) is 0 Å². The van der Waals surface area contributed by atoms with Crippen LogP contribution in [0.4, 0.5) is 22.9 Å². The minimum atomic E-state index is 0.648. The number of aromatic nitrogens is 2. The summed E-state index contributed by atoms with van der Waals surface area (Å²) in [6.07, 6.45) is 2.53. The van der Waals surface area contributed by atoms with E-state index in [4.69, 9.17) is 8.92 Å². The predicted molar refractivity (Wildman–Crippen MR) is 125 cm³/mol. The Morgan fingerprint density at radius 3 is 2.68 bits per heavy atom. The van der Waals surface area contributed by atoms with Gasteiger partial charge in [0.25, 0.3) is 0 Å². The van der Waals surface area contributed by atoms with Gasteiger partial charge in [0.1, 0.15) is 23.0 Å². The summed E-state index contributed by atoms with van der Waals surface area (Å²) >= 11 is 1.21. The molecule has 0 unspecified atom stereocenters. The molecule has 3 N–H and O–H groups in total. The van der Waals surface area contributed by atoms with Crippen molar-refractivity contribution in [1.29, 1.82) is 0 Å². The Morgan fingerprint density at radius 2 is 1.87 bits per heavy atom. The molecule has 0 aliphatic rings. The van der Waals surface area contributed by atoms with Crippen LogP contribution < -0.4 is 23.9 Å². The van der Waals surface area contributed by atoms with Gasteiger partial charge in [-0.15, -0.1) is 0 Å². The Labute approximate surface area is 183 Å². The molecule has 4 rings (SSSR count). The number of carbonyl (C=O) groups excluding carboxylic acids is 1. The van der Waals surface area contributed by atoms with E-state index in [9.17, 15) is 4.79 Å². The molecule has 2 aromatic heterocycles. The zero-order chi connectivity index (χ0) is 21.6. The number of aromatic amines is 1. The number of amides is 1. The molecule has 158 valence electrons. The molecule has 0 aliphatic heterocycles. The van der Waals surface area contributed by atoms with Crippen LogP contribution in [-0.4, -0.2) is 30.5 Å². The molecule has 0 aliphatic carbocycles. The van der Waals surface area contributed by atoms with E-state index in [-0.39, 0.29) is 0 Å². The number of hydrogen-bond acceptors (Lipinski definition) is 7. The lowest BCUT2D eigenvalue weighted by molar-refractivity contribution is -0.105. The van der Waals surface area contributed by atoms with Crippen LogP contribution in [0.5, 0.6) is 11.5 Å². The molecule has 9 heteroatoms. The Kier molecular flexibility index (Phi) is 6.13. The first-order valence-electron chi connectivity index (χ1n) is 9.44. The molecule has 4 aromatic rings. The van der Waals surface area contributed by atoms with Crippen LogP contribution in [0.1, 0.15) is 0 Å². The number of ether oxygens (including phenoxy) is 1. The van der Waals surface area contributed by atoms with Crippen LogP contribution in [0.15, 0.2) is 66.9 Å². The maximum absolute atomic E-state index is 10.8. The highest BCUT2D eigenvalue weighted by Gasteiger charge is 2.13. The highest BCUT2D eigenvalue weighted by atomic mass is 32.2. The first kappa shape index (κ1) is 20.4. The second-order valence-corrected chi connectivity index (χ2v) is 7.40. The Morgan fingerprint density at radius 1 is 1.06 bits per heavy atom. The summed E-state index contributed by atoms with van der Waals surface area (Å²) < 4.78 is 12.9. The fraction of sp³-hybridized carbons (Fsp3) is 0.0909. The number of anilines is 4. The second kappa shape index (κ2) is 9.31. The zero-order valence-corrected chi connectivity index (χ0v) is 17.8. The lowest BCUT2D eigenvalue weighted by Gasteiger charge is -2.16. The molecular formula is C22H21N5O3S. The minimum absolute atomic E-state index is 0.648. The van der Waals surface area contributed by atoms with Gasteiger partial charge in [-0.3, -0.25) is 9.10 Å². The van der Waals surface area contributed by atoms with Gasteiger partial charge >= 0.3 is 0 Å². The third-order valence-electron chi connectivity index (χ3n) is 4.55. The van der Waals surface area contributed by atoms with Gasteiger partial charge in [0.2, 0.25) is 6.41 Å². The highest BCUT2D eigenvalue weighted by molar-refractivity contribution is 7.96.